The number of aryl methyl sites for hydroxylation is 1. The molecule has 8 nitrogen and oxygen atoms in total. The first-order valence-electron chi connectivity index (χ1n) is 11.6. The van der Waals surface area contributed by atoms with E-state index in [0.717, 1.165) is 64.0 Å². The minimum Gasteiger partial charge on any atom is -0.357 e. The van der Waals surface area contributed by atoms with Crippen molar-refractivity contribution < 1.29 is 0 Å². The molecule has 1 saturated heterocycles. The largest absolute Gasteiger partial charge is 0.357 e. The van der Waals surface area contributed by atoms with Gasteiger partial charge in [0.05, 0.1) is 6.54 Å². The van der Waals surface area contributed by atoms with Crippen molar-refractivity contribution in [3.8, 4) is 0 Å². The number of guanidine groups is 1. The Kier molecular flexibility index (Phi) is 9.30. The van der Waals surface area contributed by atoms with Gasteiger partial charge in [0, 0.05) is 58.8 Å². The number of likely N-dealkylation sites (N-methyl/N-ethyl adjacent to an activating group) is 1. The Morgan fingerprint density at radius 1 is 0.968 bits per heavy atom. The summed E-state index contributed by atoms with van der Waals surface area (Å²) in [4.78, 5) is 9.81. The summed E-state index contributed by atoms with van der Waals surface area (Å²) in [5.74, 6) is 1.85. The molecule has 170 valence electrons. The maximum absolute atomic E-state index is 4.75. The molecule has 3 rings (SSSR count). The number of nitrogens with one attached hydrogen (secondary N) is 2. The van der Waals surface area contributed by atoms with Crippen LogP contribution in [0.5, 0.6) is 0 Å². The van der Waals surface area contributed by atoms with E-state index in [4.69, 9.17) is 4.99 Å². The zero-order chi connectivity index (χ0) is 21.9. The normalized spacial score (nSPS) is 15.9. The third kappa shape index (κ3) is 7.33. The molecule has 31 heavy (non-hydrogen) atoms. The van der Waals surface area contributed by atoms with E-state index >= 15 is 0 Å². The van der Waals surface area contributed by atoms with Gasteiger partial charge in [0.2, 0.25) is 0 Å². The summed E-state index contributed by atoms with van der Waals surface area (Å²) in [7, 11) is 0. The van der Waals surface area contributed by atoms with Crippen LogP contribution >= 0.6 is 0 Å². The highest BCUT2D eigenvalue weighted by atomic mass is 15.3. The van der Waals surface area contributed by atoms with E-state index in [2.05, 4.69) is 80.2 Å². The minimum absolute atomic E-state index is 0.664. The van der Waals surface area contributed by atoms with Crippen molar-refractivity contribution in [1.29, 1.82) is 0 Å². The van der Waals surface area contributed by atoms with Crippen molar-refractivity contribution in [2.75, 3.05) is 45.8 Å². The second-order valence-electron chi connectivity index (χ2n) is 7.94. The SMILES string of the molecule is CCNC(=NCc1ccc(CN2CCN(CC)CC2)cc1)NCCn1cnnc1CC. The van der Waals surface area contributed by atoms with Gasteiger partial charge in [-0.05, 0) is 24.6 Å². The monoisotopic (exact) mass is 426 g/mol. The zero-order valence-electron chi connectivity index (χ0n) is 19.3. The molecule has 2 aromatic rings. The first-order valence-corrected chi connectivity index (χ1v) is 11.6. The van der Waals surface area contributed by atoms with E-state index in [1.165, 1.54) is 24.2 Å². The molecule has 0 saturated carbocycles. The Balaban J connectivity index is 1.46. The smallest absolute Gasteiger partial charge is 0.191 e. The quantitative estimate of drug-likeness (QED) is 0.445. The maximum atomic E-state index is 4.75. The van der Waals surface area contributed by atoms with Crippen LogP contribution in [-0.2, 0) is 26.1 Å². The predicted molar refractivity (Wildman–Crippen MR) is 126 cm³/mol. The number of hydrogen-bond acceptors (Lipinski definition) is 5. The summed E-state index contributed by atoms with van der Waals surface area (Å²) in [6.07, 6.45) is 2.68. The van der Waals surface area contributed by atoms with Crippen molar-refractivity contribution in [2.24, 2.45) is 4.99 Å². The molecule has 1 aliphatic heterocycles. The molecule has 0 unspecified atom stereocenters. The highest BCUT2D eigenvalue weighted by Crippen LogP contribution is 2.11. The molecular formula is C23H38N8. The van der Waals surface area contributed by atoms with Crippen LogP contribution in [0, 0.1) is 0 Å². The van der Waals surface area contributed by atoms with Crippen LogP contribution in [0.1, 0.15) is 37.7 Å². The molecule has 2 heterocycles. The van der Waals surface area contributed by atoms with E-state index < -0.39 is 0 Å². The Bertz CT molecular complexity index is 790. The summed E-state index contributed by atoms with van der Waals surface area (Å²) in [6, 6.07) is 8.90. The molecule has 1 aromatic heterocycles. The number of benzene rings is 1. The molecular weight excluding hydrogens is 388 g/mol. The second kappa shape index (κ2) is 12.4. The molecule has 1 aromatic carbocycles. The van der Waals surface area contributed by atoms with E-state index in [0.29, 0.717) is 6.54 Å². The van der Waals surface area contributed by atoms with Gasteiger partial charge < -0.3 is 20.1 Å². The summed E-state index contributed by atoms with van der Waals surface area (Å²) < 4.78 is 2.08. The van der Waals surface area contributed by atoms with Crippen LogP contribution in [0.2, 0.25) is 0 Å². The molecule has 0 aliphatic carbocycles. The Hall–Kier alpha value is -2.45. The number of aliphatic imine (C=N–C) groups is 1. The van der Waals surface area contributed by atoms with Crippen molar-refractivity contribution in [1.82, 2.24) is 35.2 Å². The highest BCUT2D eigenvalue weighted by molar-refractivity contribution is 5.79. The van der Waals surface area contributed by atoms with Crippen LogP contribution < -0.4 is 10.6 Å². The van der Waals surface area contributed by atoms with E-state index in [-0.39, 0.29) is 0 Å². The van der Waals surface area contributed by atoms with Crippen LogP contribution in [0.25, 0.3) is 0 Å². The fraction of sp³-hybridized carbons (Fsp3) is 0.609. The number of aromatic nitrogens is 3. The summed E-state index contributed by atoms with van der Waals surface area (Å²) in [5, 5.41) is 14.8. The van der Waals surface area contributed by atoms with E-state index in [1.54, 1.807) is 6.33 Å². The summed E-state index contributed by atoms with van der Waals surface area (Å²) in [5.41, 5.74) is 2.60. The highest BCUT2D eigenvalue weighted by Gasteiger charge is 2.15. The number of nitrogens with zero attached hydrogens (tertiary/aromatic N) is 6. The lowest BCUT2D eigenvalue weighted by molar-refractivity contribution is 0.132. The maximum Gasteiger partial charge on any atom is 0.191 e. The van der Waals surface area contributed by atoms with Crippen molar-refractivity contribution in [2.45, 2.75) is 46.8 Å². The fourth-order valence-corrected chi connectivity index (χ4v) is 3.82. The lowest BCUT2D eigenvalue weighted by Gasteiger charge is -2.34. The van der Waals surface area contributed by atoms with Gasteiger partial charge in [-0.15, -0.1) is 10.2 Å². The van der Waals surface area contributed by atoms with Crippen LogP contribution in [0.4, 0.5) is 0 Å². The molecule has 0 amide bonds. The molecule has 0 atom stereocenters. The zero-order valence-corrected chi connectivity index (χ0v) is 19.3. The average molecular weight is 427 g/mol. The van der Waals surface area contributed by atoms with Crippen molar-refractivity contribution in [3.63, 3.8) is 0 Å². The third-order valence-corrected chi connectivity index (χ3v) is 5.76. The van der Waals surface area contributed by atoms with Crippen LogP contribution in [-0.4, -0.2) is 76.3 Å². The average Bonchev–Trinajstić information content (AvgIpc) is 3.26. The molecule has 0 bridgehead atoms. The van der Waals surface area contributed by atoms with Gasteiger partial charge in [0.1, 0.15) is 12.2 Å². The van der Waals surface area contributed by atoms with Crippen molar-refractivity contribution >= 4 is 5.96 Å². The van der Waals surface area contributed by atoms with E-state index in [1.807, 2.05) is 0 Å². The van der Waals surface area contributed by atoms with Gasteiger partial charge in [-0.2, -0.15) is 0 Å². The van der Waals surface area contributed by atoms with Gasteiger partial charge in [0.15, 0.2) is 5.96 Å². The minimum atomic E-state index is 0.664. The molecule has 0 radical (unpaired) electrons. The van der Waals surface area contributed by atoms with Gasteiger partial charge >= 0.3 is 0 Å². The number of piperazine rings is 1. The topological polar surface area (TPSA) is 73.6 Å². The fourth-order valence-electron chi connectivity index (χ4n) is 3.82. The number of hydrogen-bond donors (Lipinski definition) is 2. The van der Waals surface area contributed by atoms with Gasteiger partial charge in [-0.3, -0.25) is 4.90 Å². The van der Waals surface area contributed by atoms with Gasteiger partial charge in [-0.25, -0.2) is 4.99 Å². The third-order valence-electron chi connectivity index (χ3n) is 5.76. The number of rotatable bonds is 10. The van der Waals surface area contributed by atoms with Crippen molar-refractivity contribution in [3.05, 3.63) is 47.5 Å². The van der Waals surface area contributed by atoms with E-state index in [9.17, 15) is 0 Å². The standard InChI is InChI=1S/C23H38N8/c1-4-22-28-27-19-31(22)12-11-25-23(24-5-2)26-17-20-7-9-21(10-8-20)18-30-15-13-29(6-3)14-16-30/h7-10,19H,4-6,11-18H2,1-3H3,(H2,24,25,26). The van der Waals surface area contributed by atoms with Gasteiger partial charge in [0.25, 0.3) is 0 Å². The van der Waals surface area contributed by atoms with Crippen LogP contribution in [0.15, 0.2) is 35.6 Å². The summed E-state index contributed by atoms with van der Waals surface area (Å²) >= 11 is 0. The van der Waals surface area contributed by atoms with Crippen LogP contribution in [0.3, 0.4) is 0 Å². The Labute approximate surface area is 186 Å². The molecule has 8 heteroatoms. The lowest BCUT2D eigenvalue weighted by Crippen LogP contribution is -2.45. The first kappa shape index (κ1) is 23.2. The molecule has 2 N–H and O–H groups in total. The lowest BCUT2D eigenvalue weighted by atomic mass is 10.1. The van der Waals surface area contributed by atoms with Gasteiger partial charge in [-0.1, -0.05) is 38.1 Å². The second-order valence-corrected chi connectivity index (χ2v) is 7.94. The molecule has 1 fully saturated rings. The molecule has 0 spiro atoms. The Morgan fingerprint density at radius 3 is 2.35 bits per heavy atom. The predicted octanol–water partition coefficient (Wildman–Crippen LogP) is 1.73. The summed E-state index contributed by atoms with van der Waals surface area (Å²) in [6.45, 7) is 16.4. The Morgan fingerprint density at radius 2 is 1.68 bits per heavy atom. The first-order chi connectivity index (χ1) is 15.2. The molecule has 1 aliphatic rings.